The lowest BCUT2D eigenvalue weighted by molar-refractivity contribution is -0.184. The molecule has 2 spiro atoms. The number of carbonyl (C=O) groups is 1. The second-order valence-electron chi connectivity index (χ2n) is 9.93. The zero-order chi connectivity index (χ0) is 21.9. The van der Waals surface area contributed by atoms with Crippen LogP contribution in [0.4, 0.5) is 8.78 Å². The molecule has 6 fully saturated rings. The van der Waals surface area contributed by atoms with Crippen molar-refractivity contribution in [2.24, 2.45) is 23.2 Å². The van der Waals surface area contributed by atoms with Gasteiger partial charge in [0.2, 0.25) is 0 Å². The number of halogens is 2. The first kappa shape index (κ1) is 22.8. The Kier molecular flexibility index (Phi) is 5.95. The fraction of sp³-hybridized carbons (Fsp3) is 0.950. The summed E-state index contributed by atoms with van der Waals surface area (Å²) in [6.45, 7) is 1.54. The second kappa shape index (κ2) is 8.08. The number of alkyl halides is 2. The first-order chi connectivity index (χ1) is 14.6. The number of ether oxygens (including phenoxy) is 2. The summed E-state index contributed by atoms with van der Waals surface area (Å²) < 4.78 is 59.0. The SMILES string of the molecule is CC(F)(F)C(=O)OCCOC12CC3CC(C1)C1(SCC4(COS(=O)OC4)CS1)C(C3)C2. The molecule has 31 heavy (non-hydrogen) atoms. The number of esters is 1. The van der Waals surface area contributed by atoms with E-state index in [-0.39, 0.29) is 28.3 Å². The average molecular weight is 499 g/mol. The van der Waals surface area contributed by atoms with Crippen molar-refractivity contribution >= 4 is 40.9 Å². The monoisotopic (exact) mass is 498 g/mol. The van der Waals surface area contributed by atoms with Crippen LogP contribution in [0, 0.1) is 23.2 Å². The molecule has 6 nitrogen and oxygen atoms in total. The summed E-state index contributed by atoms with van der Waals surface area (Å²) in [5.41, 5.74) is -0.282. The van der Waals surface area contributed by atoms with Gasteiger partial charge in [-0.1, -0.05) is 0 Å². The highest BCUT2D eigenvalue weighted by atomic mass is 32.2. The lowest BCUT2D eigenvalue weighted by Gasteiger charge is -2.66. The van der Waals surface area contributed by atoms with Gasteiger partial charge in [-0.3, -0.25) is 8.37 Å². The minimum absolute atomic E-state index is 0.0669. The van der Waals surface area contributed by atoms with E-state index in [4.69, 9.17) is 13.1 Å². The summed E-state index contributed by atoms with van der Waals surface area (Å²) in [6.07, 6.45) is 5.38. The van der Waals surface area contributed by atoms with Gasteiger partial charge >= 0.3 is 23.3 Å². The van der Waals surface area contributed by atoms with Gasteiger partial charge in [-0.25, -0.2) is 4.79 Å². The Morgan fingerprint density at radius 1 is 1.10 bits per heavy atom. The quantitative estimate of drug-likeness (QED) is 0.421. The molecule has 4 saturated carbocycles. The maximum atomic E-state index is 13.0. The Balaban J connectivity index is 1.19. The third kappa shape index (κ3) is 4.20. The third-order valence-corrected chi connectivity index (χ3v) is 12.6. The van der Waals surface area contributed by atoms with Crippen molar-refractivity contribution in [1.82, 2.24) is 0 Å². The van der Waals surface area contributed by atoms with Crippen LogP contribution in [-0.2, 0) is 34.0 Å². The van der Waals surface area contributed by atoms with Crippen molar-refractivity contribution in [3.63, 3.8) is 0 Å². The van der Waals surface area contributed by atoms with Crippen LogP contribution in [0.1, 0.15) is 39.0 Å². The first-order valence-electron chi connectivity index (χ1n) is 10.8. The number of carbonyl (C=O) groups excluding carboxylic acids is 1. The summed E-state index contributed by atoms with van der Waals surface area (Å²) in [5.74, 6) is -1.33. The molecule has 0 amide bonds. The zero-order valence-electron chi connectivity index (χ0n) is 17.4. The minimum Gasteiger partial charge on any atom is -0.459 e. The average Bonchev–Trinajstić information content (AvgIpc) is 2.72. The highest BCUT2D eigenvalue weighted by molar-refractivity contribution is 8.18. The van der Waals surface area contributed by atoms with Crippen LogP contribution in [0.2, 0.25) is 0 Å². The maximum absolute atomic E-state index is 13.0. The molecule has 2 aliphatic heterocycles. The van der Waals surface area contributed by atoms with Crippen LogP contribution in [-0.4, -0.2) is 63.7 Å². The van der Waals surface area contributed by atoms with Gasteiger partial charge in [-0.2, -0.15) is 13.0 Å². The third-order valence-electron chi connectivity index (χ3n) is 7.49. The fourth-order valence-corrected chi connectivity index (χ4v) is 11.1. The van der Waals surface area contributed by atoms with E-state index in [2.05, 4.69) is 4.74 Å². The van der Waals surface area contributed by atoms with Gasteiger partial charge in [0.15, 0.2) is 0 Å². The van der Waals surface area contributed by atoms with Crippen LogP contribution in [0.3, 0.4) is 0 Å². The van der Waals surface area contributed by atoms with Gasteiger partial charge in [-0.15, -0.1) is 23.5 Å². The van der Waals surface area contributed by atoms with Crippen LogP contribution < -0.4 is 0 Å². The van der Waals surface area contributed by atoms with Gasteiger partial charge in [0, 0.05) is 23.8 Å². The first-order valence-corrected chi connectivity index (χ1v) is 13.8. The molecule has 176 valence electrons. The lowest BCUT2D eigenvalue weighted by atomic mass is 9.53. The van der Waals surface area contributed by atoms with E-state index < -0.39 is 23.3 Å². The zero-order valence-corrected chi connectivity index (χ0v) is 19.9. The molecule has 11 heteroatoms. The van der Waals surface area contributed by atoms with Crippen molar-refractivity contribution in [1.29, 1.82) is 0 Å². The summed E-state index contributed by atoms with van der Waals surface area (Å²) in [6, 6.07) is 0. The van der Waals surface area contributed by atoms with Crippen LogP contribution in [0.25, 0.3) is 0 Å². The molecule has 4 bridgehead atoms. The maximum Gasteiger partial charge on any atom is 0.376 e. The summed E-state index contributed by atoms with van der Waals surface area (Å²) in [7, 11) is 0. The molecule has 4 aliphatic carbocycles. The van der Waals surface area contributed by atoms with Crippen molar-refractivity contribution in [2.75, 3.05) is 37.9 Å². The molecular formula is C20H28F2O6S3. The molecule has 2 heterocycles. The molecule has 6 aliphatic rings. The van der Waals surface area contributed by atoms with Crippen molar-refractivity contribution in [2.45, 2.75) is 54.6 Å². The summed E-state index contributed by atoms with van der Waals surface area (Å²) >= 11 is 2.46. The van der Waals surface area contributed by atoms with Gasteiger partial charge in [-0.05, 0) is 49.9 Å². The standard InChI is InChI=1S/C20H28F2O6S3/c1-17(21,22)16(23)25-2-3-26-19-6-13-4-14(7-19)20(15(5-13)8-19)29-11-18(12-30-20)9-27-31(24)28-10-18/h13-15H,2-12H2,1H3. The predicted molar refractivity (Wildman–Crippen MR) is 114 cm³/mol. The Morgan fingerprint density at radius 3 is 2.29 bits per heavy atom. The van der Waals surface area contributed by atoms with E-state index in [1.807, 2.05) is 23.5 Å². The predicted octanol–water partition coefficient (Wildman–Crippen LogP) is 3.57. The molecular weight excluding hydrogens is 470 g/mol. The molecule has 2 atom stereocenters. The molecule has 0 radical (unpaired) electrons. The van der Waals surface area contributed by atoms with Gasteiger partial charge in [0.25, 0.3) is 0 Å². The molecule has 0 aromatic rings. The van der Waals surface area contributed by atoms with Crippen molar-refractivity contribution in [3.8, 4) is 0 Å². The molecule has 0 N–H and O–H groups in total. The number of hydrogen-bond acceptors (Lipinski definition) is 8. The Morgan fingerprint density at radius 2 is 1.71 bits per heavy atom. The van der Waals surface area contributed by atoms with E-state index in [0.717, 1.165) is 30.8 Å². The van der Waals surface area contributed by atoms with E-state index in [1.165, 1.54) is 12.8 Å². The van der Waals surface area contributed by atoms with Crippen molar-refractivity contribution < 1.29 is 35.6 Å². The van der Waals surface area contributed by atoms with E-state index in [9.17, 15) is 17.8 Å². The normalized spacial score (nSPS) is 46.5. The number of rotatable bonds is 5. The molecule has 0 aromatic carbocycles. The molecule has 2 saturated heterocycles. The largest absolute Gasteiger partial charge is 0.459 e. The van der Waals surface area contributed by atoms with Crippen LogP contribution >= 0.6 is 23.5 Å². The Hall–Kier alpha value is 0.0600. The molecule has 6 rings (SSSR count). The molecule has 0 aromatic heterocycles. The Labute approximate surface area is 192 Å². The minimum atomic E-state index is -3.47. The number of hydrogen-bond donors (Lipinski definition) is 0. The Bertz CT molecular complexity index is 722. The van der Waals surface area contributed by atoms with E-state index >= 15 is 0 Å². The van der Waals surface area contributed by atoms with Gasteiger partial charge in [0.05, 0.1) is 29.5 Å². The number of thioether (sulfide) groups is 2. The molecule has 2 unspecified atom stereocenters. The highest BCUT2D eigenvalue weighted by Crippen LogP contribution is 2.70. The fourth-order valence-electron chi connectivity index (χ4n) is 6.23. The van der Waals surface area contributed by atoms with Crippen molar-refractivity contribution in [3.05, 3.63) is 0 Å². The van der Waals surface area contributed by atoms with Crippen LogP contribution in [0.15, 0.2) is 0 Å². The summed E-state index contributed by atoms with van der Waals surface area (Å²) in [4.78, 5) is 11.3. The summed E-state index contributed by atoms with van der Waals surface area (Å²) in [5, 5.41) is 0. The van der Waals surface area contributed by atoms with E-state index in [1.54, 1.807) is 0 Å². The topological polar surface area (TPSA) is 71.1 Å². The van der Waals surface area contributed by atoms with Gasteiger partial charge in [0.1, 0.15) is 6.61 Å². The smallest absolute Gasteiger partial charge is 0.376 e. The van der Waals surface area contributed by atoms with Crippen LogP contribution in [0.5, 0.6) is 0 Å². The second-order valence-corrected chi connectivity index (χ2v) is 13.6. The lowest BCUT2D eigenvalue weighted by Crippen LogP contribution is -2.63. The van der Waals surface area contributed by atoms with E-state index in [0.29, 0.717) is 37.9 Å². The highest BCUT2D eigenvalue weighted by Gasteiger charge is 2.65. The van der Waals surface area contributed by atoms with Gasteiger partial charge < -0.3 is 9.47 Å².